The van der Waals surface area contributed by atoms with E-state index in [0.29, 0.717) is 0 Å². The van der Waals surface area contributed by atoms with Crippen LogP contribution in [0.5, 0.6) is 0 Å². The molecule has 20 heavy (non-hydrogen) atoms. The van der Waals surface area contributed by atoms with Gasteiger partial charge in [0.15, 0.2) is 0 Å². The quantitative estimate of drug-likeness (QED) is 0.645. The van der Waals surface area contributed by atoms with E-state index in [9.17, 15) is 14.7 Å². The molecule has 0 aliphatic carbocycles. The van der Waals surface area contributed by atoms with Crippen LogP contribution < -0.4 is 5.32 Å². The molecule has 1 amide bonds. The molecule has 7 heteroatoms. The van der Waals surface area contributed by atoms with Gasteiger partial charge in [0.05, 0.1) is 17.8 Å². The number of halogens is 1. The zero-order chi connectivity index (χ0) is 15.2. The number of benzene rings is 1. The standard InChI is InChI=1S/C13H16BrNO4S/c1-13(19,6-12(17)18)8-15-11(16)7-20-10-4-2-9(14)3-5-10/h2-5,19H,6-8H2,1H3,(H,15,16)(H,17,18). The first-order valence-electron chi connectivity index (χ1n) is 5.88. The predicted octanol–water partition coefficient (Wildman–Crippen LogP) is 1.88. The molecule has 1 rings (SSSR count). The van der Waals surface area contributed by atoms with Gasteiger partial charge in [-0.1, -0.05) is 15.9 Å². The van der Waals surface area contributed by atoms with Gasteiger partial charge in [-0.2, -0.15) is 0 Å². The van der Waals surface area contributed by atoms with Gasteiger partial charge in [-0.15, -0.1) is 11.8 Å². The molecule has 3 N–H and O–H groups in total. The van der Waals surface area contributed by atoms with Crippen LogP contribution in [-0.2, 0) is 9.59 Å². The molecule has 0 bridgehead atoms. The molecule has 1 aromatic rings. The zero-order valence-corrected chi connectivity index (χ0v) is 13.3. The second-order valence-electron chi connectivity index (χ2n) is 4.59. The van der Waals surface area contributed by atoms with Crippen molar-refractivity contribution in [2.24, 2.45) is 0 Å². The lowest BCUT2D eigenvalue weighted by Crippen LogP contribution is -2.42. The van der Waals surface area contributed by atoms with Crippen LogP contribution in [0.25, 0.3) is 0 Å². The van der Waals surface area contributed by atoms with Gasteiger partial charge >= 0.3 is 5.97 Å². The average Bonchev–Trinajstić information content (AvgIpc) is 2.34. The van der Waals surface area contributed by atoms with Crippen molar-refractivity contribution in [2.45, 2.75) is 23.8 Å². The fourth-order valence-corrected chi connectivity index (χ4v) is 2.40. The Bertz CT molecular complexity index is 476. The minimum atomic E-state index is -1.44. The highest BCUT2D eigenvalue weighted by molar-refractivity contribution is 9.10. The Morgan fingerprint density at radius 2 is 1.95 bits per heavy atom. The predicted molar refractivity (Wildman–Crippen MR) is 80.8 cm³/mol. The normalized spacial score (nSPS) is 13.6. The minimum absolute atomic E-state index is 0.0843. The topological polar surface area (TPSA) is 86.6 Å². The van der Waals surface area contributed by atoms with Crippen molar-refractivity contribution < 1.29 is 19.8 Å². The van der Waals surface area contributed by atoms with Gasteiger partial charge in [-0.25, -0.2) is 0 Å². The lowest BCUT2D eigenvalue weighted by atomic mass is 10.0. The highest BCUT2D eigenvalue weighted by atomic mass is 79.9. The van der Waals surface area contributed by atoms with Crippen molar-refractivity contribution in [3.05, 3.63) is 28.7 Å². The third kappa shape index (κ3) is 6.93. The summed E-state index contributed by atoms with van der Waals surface area (Å²) in [6.45, 7) is 1.29. The van der Waals surface area contributed by atoms with E-state index in [-0.39, 0.29) is 18.2 Å². The molecule has 0 aromatic heterocycles. The summed E-state index contributed by atoms with van der Waals surface area (Å²) >= 11 is 4.70. The van der Waals surface area contributed by atoms with E-state index in [1.807, 2.05) is 24.3 Å². The Morgan fingerprint density at radius 3 is 2.50 bits per heavy atom. The third-order valence-electron chi connectivity index (χ3n) is 2.38. The Kier molecular flexibility index (Phi) is 6.51. The first-order valence-corrected chi connectivity index (χ1v) is 7.65. The number of carbonyl (C=O) groups excluding carboxylic acids is 1. The van der Waals surface area contributed by atoms with Crippen molar-refractivity contribution in [3.63, 3.8) is 0 Å². The maximum absolute atomic E-state index is 11.6. The SMILES string of the molecule is CC(O)(CNC(=O)CSc1ccc(Br)cc1)CC(=O)O. The minimum Gasteiger partial charge on any atom is -0.481 e. The molecule has 0 radical (unpaired) electrons. The van der Waals surface area contributed by atoms with Gasteiger partial charge in [0.2, 0.25) is 5.91 Å². The number of thioether (sulfide) groups is 1. The first kappa shape index (κ1) is 17.0. The first-order chi connectivity index (χ1) is 9.28. The van der Waals surface area contributed by atoms with E-state index < -0.39 is 18.0 Å². The van der Waals surface area contributed by atoms with Crippen LogP contribution in [-0.4, -0.2) is 40.0 Å². The number of hydrogen-bond donors (Lipinski definition) is 3. The van der Waals surface area contributed by atoms with Crippen molar-refractivity contribution in [1.29, 1.82) is 0 Å². The summed E-state index contributed by atoms with van der Waals surface area (Å²) in [6.07, 6.45) is -0.410. The fraction of sp³-hybridized carbons (Fsp3) is 0.385. The molecule has 0 aliphatic rings. The summed E-state index contributed by atoms with van der Waals surface area (Å²) in [5, 5.41) is 20.9. The lowest BCUT2D eigenvalue weighted by molar-refractivity contribution is -0.142. The monoisotopic (exact) mass is 361 g/mol. The van der Waals surface area contributed by atoms with Crippen molar-refractivity contribution >= 4 is 39.6 Å². The van der Waals surface area contributed by atoms with Crippen molar-refractivity contribution in [2.75, 3.05) is 12.3 Å². The zero-order valence-electron chi connectivity index (χ0n) is 10.9. The van der Waals surface area contributed by atoms with E-state index in [2.05, 4.69) is 21.2 Å². The Labute approximate surface area is 129 Å². The summed E-state index contributed by atoms with van der Waals surface area (Å²) in [6, 6.07) is 7.56. The molecule has 0 saturated carbocycles. The summed E-state index contributed by atoms with van der Waals surface area (Å²) in [5.41, 5.74) is -1.44. The molecule has 1 atom stereocenters. The van der Waals surface area contributed by atoms with Crippen LogP contribution >= 0.6 is 27.7 Å². The molecule has 5 nitrogen and oxygen atoms in total. The number of carbonyl (C=O) groups is 2. The van der Waals surface area contributed by atoms with Crippen LogP contribution in [0.2, 0.25) is 0 Å². The molecule has 1 aromatic carbocycles. The van der Waals surface area contributed by atoms with Crippen molar-refractivity contribution in [1.82, 2.24) is 5.32 Å². The van der Waals surface area contributed by atoms with E-state index >= 15 is 0 Å². The molecule has 1 unspecified atom stereocenters. The second-order valence-corrected chi connectivity index (χ2v) is 6.55. The highest BCUT2D eigenvalue weighted by Gasteiger charge is 2.24. The fourth-order valence-electron chi connectivity index (χ4n) is 1.41. The van der Waals surface area contributed by atoms with Crippen LogP contribution in [0, 0.1) is 0 Å². The number of aliphatic carboxylic acids is 1. The molecular formula is C13H16BrNO4S. The molecule has 110 valence electrons. The molecule has 0 heterocycles. The number of carboxylic acids is 1. The number of amides is 1. The summed E-state index contributed by atoms with van der Waals surface area (Å²) in [7, 11) is 0. The largest absolute Gasteiger partial charge is 0.481 e. The van der Waals surface area contributed by atoms with Crippen LogP contribution in [0.1, 0.15) is 13.3 Å². The lowest BCUT2D eigenvalue weighted by Gasteiger charge is -2.21. The van der Waals surface area contributed by atoms with E-state index in [1.54, 1.807) is 0 Å². The summed E-state index contributed by atoms with van der Waals surface area (Å²) < 4.78 is 0.969. The maximum atomic E-state index is 11.6. The maximum Gasteiger partial charge on any atom is 0.306 e. The smallest absolute Gasteiger partial charge is 0.306 e. The molecule has 0 spiro atoms. The van der Waals surface area contributed by atoms with Crippen LogP contribution in [0.3, 0.4) is 0 Å². The number of nitrogens with one attached hydrogen (secondary N) is 1. The van der Waals surface area contributed by atoms with Gasteiger partial charge in [-0.3, -0.25) is 9.59 Å². The number of hydrogen-bond acceptors (Lipinski definition) is 4. The average molecular weight is 362 g/mol. The van der Waals surface area contributed by atoms with E-state index in [4.69, 9.17) is 5.11 Å². The number of aliphatic hydroxyl groups is 1. The third-order valence-corrected chi connectivity index (χ3v) is 3.92. The molecular weight excluding hydrogens is 346 g/mol. The summed E-state index contributed by atoms with van der Waals surface area (Å²) in [5.74, 6) is -1.14. The molecule has 0 saturated heterocycles. The van der Waals surface area contributed by atoms with Crippen LogP contribution in [0.15, 0.2) is 33.6 Å². The van der Waals surface area contributed by atoms with Gasteiger partial charge in [0, 0.05) is 15.9 Å². The number of rotatable bonds is 7. The van der Waals surface area contributed by atoms with E-state index in [0.717, 1.165) is 9.37 Å². The molecule has 0 fully saturated rings. The Balaban J connectivity index is 2.33. The van der Waals surface area contributed by atoms with Crippen molar-refractivity contribution in [3.8, 4) is 0 Å². The second kappa shape index (κ2) is 7.66. The van der Waals surface area contributed by atoms with Gasteiger partial charge in [0.25, 0.3) is 0 Å². The summed E-state index contributed by atoms with van der Waals surface area (Å²) in [4.78, 5) is 23.1. The Hall–Kier alpha value is -1.05. The van der Waals surface area contributed by atoms with Gasteiger partial charge in [0.1, 0.15) is 0 Å². The van der Waals surface area contributed by atoms with Gasteiger partial charge in [-0.05, 0) is 31.2 Å². The Morgan fingerprint density at radius 1 is 1.35 bits per heavy atom. The van der Waals surface area contributed by atoms with Crippen LogP contribution in [0.4, 0.5) is 0 Å². The van der Waals surface area contributed by atoms with E-state index in [1.165, 1.54) is 18.7 Å². The highest BCUT2D eigenvalue weighted by Crippen LogP contribution is 2.20. The van der Waals surface area contributed by atoms with Gasteiger partial charge < -0.3 is 15.5 Å². The molecule has 0 aliphatic heterocycles. The number of carboxylic acid groups (broad SMARTS) is 1.